The molecule has 58 heavy (non-hydrogen) atoms. The lowest BCUT2D eigenvalue weighted by Crippen LogP contribution is -2.17. The molecule has 0 aliphatic rings. The van der Waals surface area contributed by atoms with Crippen molar-refractivity contribution in [3.05, 3.63) is 143 Å². The number of fused-ring (bicyclic) bond motifs is 1. The maximum atomic E-state index is 12.4. The number of rotatable bonds is 7. The molecule has 0 spiro atoms. The Hall–Kier alpha value is -5.48. The van der Waals surface area contributed by atoms with Gasteiger partial charge in [-0.3, -0.25) is 9.55 Å². The number of hydrogen-bond donors (Lipinski definition) is 1. The van der Waals surface area contributed by atoms with Crippen molar-refractivity contribution in [1.29, 1.82) is 0 Å². The number of aromatic hydroxyl groups is 1. The van der Waals surface area contributed by atoms with Crippen LogP contribution < -0.4 is 0 Å². The largest absolute Gasteiger partial charge is 0.507 e. The lowest BCUT2D eigenvalue weighted by Gasteiger charge is -2.28. The van der Waals surface area contributed by atoms with E-state index in [0.29, 0.717) is 0 Å². The van der Waals surface area contributed by atoms with E-state index in [4.69, 9.17) is 9.97 Å². The van der Waals surface area contributed by atoms with Crippen LogP contribution in [0.1, 0.15) is 130 Å². The van der Waals surface area contributed by atoms with Crippen LogP contribution in [0.15, 0.2) is 115 Å². The Balaban J connectivity index is 1.59. The summed E-state index contributed by atoms with van der Waals surface area (Å²) in [7, 11) is 0. The summed E-state index contributed by atoms with van der Waals surface area (Å²) in [5.74, 6) is 1.54. The van der Waals surface area contributed by atoms with Crippen molar-refractivity contribution in [3.8, 4) is 56.3 Å². The fourth-order valence-corrected chi connectivity index (χ4v) is 8.08. The third-order valence-corrected chi connectivity index (χ3v) is 11.5. The lowest BCUT2D eigenvalue weighted by atomic mass is 9.79. The summed E-state index contributed by atoms with van der Waals surface area (Å²) in [5.41, 5.74) is 15.5. The summed E-state index contributed by atoms with van der Waals surface area (Å²) in [4.78, 5) is 10.6. The topological polar surface area (TPSA) is 50.9 Å². The summed E-state index contributed by atoms with van der Waals surface area (Å²) in [6, 6.07) is 39.3. The minimum absolute atomic E-state index is 0.120. The van der Waals surface area contributed by atoms with Crippen LogP contribution in [0.5, 0.6) is 5.75 Å². The Kier molecular flexibility index (Phi) is 10.6. The number of phenolic OH excluding ortho intramolecular Hbond substituents is 1. The molecular formula is C54H61N3O. The number of pyridine rings is 1. The Bertz CT molecular complexity index is 2600. The summed E-state index contributed by atoms with van der Waals surface area (Å²) < 4.78 is 2.36. The predicted octanol–water partition coefficient (Wildman–Crippen LogP) is 14.9. The van der Waals surface area contributed by atoms with Gasteiger partial charge in [-0.05, 0) is 103 Å². The van der Waals surface area contributed by atoms with Gasteiger partial charge in [-0.1, -0.05) is 163 Å². The van der Waals surface area contributed by atoms with E-state index < -0.39 is 0 Å². The van der Waals surface area contributed by atoms with Crippen LogP contribution >= 0.6 is 0 Å². The molecule has 0 saturated heterocycles. The lowest BCUT2D eigenvalue weighted by molar-refractivity contribution is 0.446. The van der Waals surface area contributed by atoms with E-state index in [1.54, 1.807) is 0 Å². The quantitative estimate of drug-likeness (QED) is 0.176. The fraction of sp³-hybridized carbons (Fsp3) is 0.333. The van der Waals surface area contributed by atoms with Crippen LogP contribution in [0.3, 0.4) is 0 Å². The Morgan fingerprint density at radius 3 is 1.74 bits per heavy atom. The summed E-state index contributed by atoms with van der Waals surface area (Å²) in [6.45, 7) is 29.1. The highest BCUT2D eigenvalue weighted by Crippen LogP contribution is 2.46. The minimum Gasteiger partial charge on any atom is -0.507 e. The highest BCUT2D eigenvalue weighted by Gasteiger charge is 2.30. The molecule has 0 saturated carbocycles. The van der Waals surface area contributed by atoms with Crippen molar-refractivity contribution in [2.45, 2.75) is 118 Å². The van der Waals surface area contributed by atoms with Gasteiger partial charge < -0.3 is 5.11 Å². The standard InChI is InChI=1S/C54H61N3O/c1-33(2)41-21-17-22-42(34(3)4)49(41)57-47-24-18-23-43(48(47)56-51(57)44-31-40(53(8,9)10)32-45(50(44)58)54(11,12)13)37-27-38(29-39(28-37)52(5,6)7)46-30-36(25-26-55-46)35-19-15-14-16-20-35/h14-34,58H,1-13H3. The molecule has 0 aliphatic heterocycles. The van der Waals surface area contributed by atoms with Crippen molar-refractivity contribution in [3.63, 3.8) is 0 Å². The average Bonchev–Trinajstić information content (AvgIpc) is 3.55. The summed E-state index contributed by atoms with van der Waals surface area (Å²) in [6.07, 6.45) is 1.91. The molecule has 0 aliphatic carbocycles. The van der Waals surface area contributed by atoms with Gasteiger partial charge in [-0.2, -0.15) is 0 Å². The second-order valence-corrected chi connectivity index (χ2v) is 19.8. The molecule has 0 radical (unpaired) electrons. The smallest absolute Gasteiger partial charge is 0.149 e. The van der Waals surface area contributed by atoms with Gasteiger partial charge in [0.2, 0.25) is 0 Å². The van der Waals surface area contributed by atoms with Gasteiger partial charge >= 0.3 is 0 Å². The normalized spacial score (nSPS) is 12.6. The van der Waals surface area contributed by atoms with Gasteiger partial charge in [0, 0.05) is 22.9 Å². The zero-order valence-electron chi connectivity index (χ0n) is 36.9. The maximum absolute atomic E-state index is 12.4. The first-order chi connectivity index (χ1) is 27.2. The molecule has 0 fully saturated rings. The molecule has 4 nitrogen and oxygen atoms in total. The minimum atomic E-state index is -0.295. The molecule has 7 aromatic rings. The number of aromatic nitrogens is 3. The molecule has 4 heteroatoms. The van der Waals surface area contributed by atoms with Crippen molar-refractivity contribution in [2.24, 2.45) is 0 Å². The molecule has 298 valence electrons. The first-order valence-corrected chi connectivity index (χ1v) is 20.9. The predicted molar refractivity (Wildman–Crippen MR) is 247 cm³/mol. The zero-order valence-corrected chi connectivity index (χ0v) is 36.9. The van der Waals surface area contributed by atoms with Gasteiger partial charge in [-0.15, -0.1) is 0 Å². The van der Waals surface area contributed by atoms with Crippen molar-refractivity contribution >= 4 is 11.0 Å². The number of benzene rings is 5. The van der Waals surface area contributed by atoms with Crippen LogP contribution in [-0.2, 0) is 16.2 Å². The first-order valence-electron chi connectivity index (χ1n) is 20.9. The second-order valence-electron chi connectivity index (χ2n) is 19.8. The molecule has 0 amide bonds. The molecule has 0 bridgehead atoms. The Labute approximate surface area is 347 Å². The van der Waals surface area contributed by atoms with Crippen LogP contribution in [0.25, 0.3) is 61.6 Å². The Morgan fingerprint density at radius 1 is 0.534 bits per heavy atom. The average molecular weight is 768 g/mol. The zero-order chi connectivity index (χ0) is 41.9. The van der Waals surface area contributed by atoms with Gasteiger partial charge in [0.25, 0.3) is 0 Å². The van der Waals surface area contributed by atoms with Gasteiger partial charge in [0.15, 0.2) is 0 Å². The maximum Gasteiger partial charge on any atom is 0.149 e. The highest BCUT2D eigenvalue weighted by molar-refractivity contribution is 5.97. The number of phenols is 1. The number of para-hydroxylation sites is 2. The second kappa shape index (κ2) is 15.0. The van der Waals surface area contributed by atoms with Crippen LogP contribution in [0, 0.1) is 0 Å². The van der Waals surface area contributed by atoms with Crippen LogP contribution in [0.4, 0.5) is 0 Å². The molecule has 0 atom stereocenters. The molecule has 0 unspecified atom stereocenters. The molecular weight excluding hydrogens is 707 g/mol. The summed E-state index contributed by atoms with van der Waals surface area (Å²) in [5, 5.41) is 12.4. The van der Waals surface area contributed by atoms with Crippen molar-refractivity contribution in [1.82, 2.24) is 14.5 Å². The molecule has 1 N–H and O–H groups in total. The monoisotopic (exact) mass is 767 g/mol. The Morgan fingerprint density at radius 2 is 1.14 bits per heavy atom. The highest BCUT2D eigenvalue weighted by atomic mass is 16.3. The van der Waals surface area contributed by atoms with E-state index in [9.17, 15) is 5.11 Å². The van der Waals surface area contributed by atoms with E-state index in [0.717, 1.165) is 72.7 Å². The van der Waals surface area contributed by atoms with Crippen LogP contribution in [-0.4, -0.2) is 19.6 Å². The first kappa shape index (κ1) is 40.7. The molecule has 5 aromatic carbocycles. The van der Waals surface area contributed by atoms with E-state index >= 15 is 0 Å². The van der Waals surface area contributed by atoms with E-state index in [1.807, 2.05) is 6.20 Å². The van der Waals surface area contributed by atoms with E-state index in [2.05, 4.69) is 204 Å². The molecule has 2 aromatic heterocycles. The molecule has 2 heterocycles. The third-order valence-electron chi connectivity index (χ3n) is 11.5. The van der Waals surface area contributed by atoms with E-state index in [-0.39, 0.29) is 33.8 Å². The van der Waals surface area contributed by atoms with E-state index in [1.165, 1.54) is 16.7 Å². The van der Waals surface area contributed by atoms with Gasteiger partial charge in [0.1, 0.15) is 11.6 Å². The summed E-state index contributed by atoms with van der Waals surface area (Å²) >= 11 is 0. The third kappa shape index (κ3) is 7.74. The van der Waals surface area contributed by atoms with Crippen LogP contribution in [0.2, 0.25) is 0 Å². The van der Waals surface area contributed by atoms with Crippen molar-refractivity contribution < 1.29 is 5.11 Å². The number of imidazole rings is 1. The fourth-order valence-electron chi connectivity index (χ4n) is 8.08. The van der Waals surface area contributed by atoms with Gasteiger partial charge in [0.05, 0.1) is 28.0 Å². The van der Waals surface area contributed by atoms with Crippen molar-refractivity contribution in [2.75, 3.05) is 0 Å². The number of hydrogen-bond acceptors (Lipinski definition) is 3. The molecule has 7 rings (SSSR count). The SMILES string of the molecule is CC(C)c1cccc(C(C)C)c1-n1c(-c2cc(C(C)(C)C)cc(C(C)(C)C)c2O)nc2c(-c3cc(-c4cc(-c5ccccc5)ccn4)cc(C(C)(C)C)c3)cccc21. The van der Waals surface area contributed by atoms with Gasteiger partial charge in [-0.25, -0.2) is 4.98 Å². The number of nitrogens with zero attached hydrogens (tertiary/aromatic N) is 3.